The molecule has 2 aliphatic rings. The van der Waals surface area contributed by atoms with Crippen LogP contribution in [0, 0.1) is 0 Å². The summed E-state index contributed by atoms with van der Waals surface area (Å²) in [7, 11) is 0. The van der Waals surface area contributed by atoms with Crippen LogP contribution in [0.25, 0.3) is 0 Å². The highest BCUT2D eigenvalue weighted by Crippen LogP contribution is 2.27. The first kappa shape index (κ1) is 14.2. The zero-order valence-electron chi connectivity index (χ0n) is 12.9. The fourth-order valence-electron chi connectivity index (χ4n) is 3.54. The number of aromatic nitrogens is 2. The van der Waals surface area contributed by atoms with Crippen molar-refractivity contribution >= 4 is 17.2 Å². The topological polar surface area (TPSA) is 32.3 Å². The molecule has 0 bridgehead atoms. The molecule has 0 unspecified atom stereocenters. The van der Waals surface area contributed by atoms with Crippen LogP contribution in [0.4, 0.5) is 5.82 Å². The molecule has 22 heavy (non-hydrogen) atoms. The summed E-state index contributed by atoms with van der Waals surface area (Å²) in [6, 6.07) is 4.38. The van der Waals surface area contributed by atoms with Gasteiger partial charge in [0, 0.05) is 49.6 Å². The van der Waals surface area contributed by atoms with Gasteiger partial charge in [0.25, 0.3) is 0 Å². The van der Waals surface area contributed by atoms with E-state index in [1.165, 1.54) is 34.8 Å². The Labute approximate surface area is 135 Å². The minimum atomic E-state index is 1.05. The molecule has 4 nitrogen and oxygen atoms in total. The molecule has 116 valence electrons. The molecule has 4 heterocycles. The average Bonchev–Trinajstić information content (AvgIpc) is 3.20. The van der Waals surface area contributed by atoms with Crippen LogP contribution in [0.2, 0.25) is 0 Å². The van der Waals surface area contributed by atoms with E-state index in [4.69, 9.17) is 0 Å². The van der Waals surface area contributed by atoms with Gasteiger partial charge in [0.05, 0.1) is 5.69 Å². The van der Waals surface area contributed by atoms with Gasteiger partial charge in [-0.1, -0.05) is 6.07 Å². The van der Waals surface area contributed by atoms with E-state index in [2.05, 4.69) is 37.3 Å². The lowest BCUT2D eigenvalue weighted by Gasteiger charge is -2.21. The van der Waals surface area contributed by atoms with Gasteiger partial charge in [0.1, 0.15) is 12.1 Å². The maximum Gasteiger partial charge on any atom is 0.135 e. The van der Waals surface area contributed by atoms with Crippen molar-refractivity contribution in [2.45, 2.75) is 32.2 Å². The summed E-state index contributed by atoms with van der Waals surface area (Å²) in [5.74, 6) is 1.21. The summed E-state index contributed by atoms with van der Waals surface area (Å²) in [4.78, 5) is 15.7. The van der Waals surface area contributed by atoms with Gasteiger partial charge in [-0.3, -0.25) is 4.90 Å². The number of anilines is 1. The maximum atomic E-state index is 4.61. The predicted molar refractivity (Wildman–Crippen MR) is 90.5 cm³/mol. The molecule has 2 aliphatic heterocycles. The van der Waals surface area contributed by atoms with Gasteiger partial charge in [-0.2, -0.15) is 0 Å². The van der Waals surface area contributed by atoms with Gasteiger partial charge in [0.2, 0.25) is 0 Å². The fraction of sp³-hybridized carbons (Fsp3) is 0.529. The summed E-state index contributed by atoms with van der Waals surface area (Å²) >= 11 is 1.85. The molecule has 0 amide bonds. The molecule has 0 N–H and O–H groups in total. The molecular formula is C17H22N4S. The van der Waals surface area contributed by atoms with E-state index >= 15 is 0 Å². The summed E-state index contributed by atoms with van der Waals surface area (Å²) in [6.07, 6.45) is 6.48. The number of thiophene rings is 1. The van der Waals surface area contributed by atoms with Crippen LogP contribution in [0.3, 0.4) is 0 Å². The van der Waals surface area contributed by atoms with E-state index in [0.717, 1.165) is 45.6 Å². The number of fused-ring (bicyclic) bond motifs is 1. The van der Waals surface area contributed by atoms with Gasteiger partial charge >= 0.3 is 0 Å². The van der Waals surface area contributed by atoms with E-state index in [-0.39, 0.29) is 0 Å². The first-order valence-electron chi connectivity index (χ1n) is 8.22. The first-order valence-corrected chi connectivity index (χ1v) is 9.10. The number of hydrogen-bond donors (Lipinski definition) is 0. The Hall–Kier alpha value is -1.46. The summed E-state index contributed by atoms with van der Waals surface area (Å²) in [5, 5.41) is 2.17. The molecular weight excluding hydrogens is 292 g/mol. The van der Waals surface area contributed by atoms with Crippen molar-refractivity contribution in [1.82, 2.24) is 14.9 Å². The molecule has 0 aromatic carbocycles. The minimum absolute atomic E-state index is 1.05. The van der Waals surface area contributed by atoms with Gasteiger partial charge in [-0.05, 0) is 30.7 Å². The zero-order chi connectivity index (χ0) is 14.8. The molecule has 0 radical (unpaired) electrons. The van der Waals surface area contributed by atoms with Crippen molar-refractivity contribution in [1.29, 1.82) is 0 Å². The molecule has 0 saturated carbocycles. The Morgan fingerprint density at radius 3 is 2.73 bits per heavy atom. The van der Waals surface area contributed by atoms with Crippen molar-refractivity contribution < 1.29 is 0 Å². The second kappa shape index (κ2) is 6.34. The third-order valence-corrected chi connectivity index (χ3v) is 5.58. The normalized spacial score (nSPS) is 19.2. The second-order valence-electron chi connectivity index (χ2n) is 6.17. The molecule has 2 aromatic heterocycles. The quantitative estimate of drug-likeness (QED) is 0.872. The van der Waals surface area contributed by atoms with Crippen LogP contribution in [0.1, 0.15) is 29.0 Å². The van der Waals surface area contributed by atoms with E-state index in [9.17, 15) is 0 Å². The maximum absolute atomic E-state index is 4.61. The smallest absolute Gasteiger partial charge is 0.135 e. The lowest BCUT2D eigenvalue weighted by Crippen LogP contribution is -2.25. The van der Waals surface area contributed by atoms with Gasteiger partial charge in [-0.15, -0.1) is 11.3 Å². The Bertz CT molecular complexity index is 620. The number of rotatable bonds is 3. The monoisotopic (exact) mass is 314 g/mol. The minimum Gasteiger partial charge on any atom is -0.356 e. The SMILES string of the molecule is c1csc(CN2CCc3ncnc(N4CCCC4)c3CC2)c1. The molecule has 0 atom stereocenters. The molecule has 1 saturated heterocycles. The van der Waals surface area contributed by atoms with Gasteiger partial charge in [-0.25, -0.2) is 9.97 Å². The molecule has 1 fully saturated rings. The molecule has 0 aliphatic carbocycles. The van der Waals surface area contributed by atoms with Crippen LogP contribution in [-0.2, 0) is 19.4 Å². The van der Waals surface area contributed by atoms with Crippen molar-refractivity contribution in [3.63, 3.8) is 0 Å². The van der Waals surface area contributed by atoms with Gasteiger partial charge in [0.15, 0.2) is 0 Å². The van der Waals surface area contributed by atoms with E-state index in [1.807, 2.05) is 11.3 Å². The van der Waals surface area contributed by atoms with E-state index in [1.54, 1.807) is 6.33 Å². The number of hydrogen-bond acceptors (Lipinski definition) is 5. The fourth-order valence-corrected chi connectivity index (χ4v) is 4.28. The highest BCUT2D eigenvalue weighted by atomic mass is 32.1. The lowest BCUT2D eigenvalue weighted by molar-refractivity contribution is 0.281. The Kier molecular flexibility index (Phi) is 4.08. The van der Waals surface area contributed by atoms with E-state index < -0.39 is 0 Å². The van der Waals surface area contributed by atoms with Gasteiger partial charge < -0.3 is 4.90 Å². The highest BCUT2D eigenvalue weighted by molar-refractivity contribution is 7.09. The van der Waals surface area contributed by atoms with Crippen LogP contribution in [0.15, 0.2) is 23.8 Å². The molecule has 0 spiro atoms. The Balaban J connectivity index is 1.52. The second-order valence-corrected chi connectivity index (χ2v) is 7.20. The summed E-state index contributed by atoms with van der Waals surface area (Å²) in [5.41, 5.74) is 2.67. The van der Waals surface area contributed by atoms with Crippen LogP contribution in [-0.4, -0.2) is 41.0 Å². The van der Waals surface area contributed by atoms with Crippen molar-refractivity contribution in [2.24, 2.45) is 0 Å². The predicted octanol–water partition coefficient (Wildman–Crippen LogP) is 2.74. The molecule has 5 heteroatoms. The third kappa shape index (κ3) is 2.88. The van der Waals surface area contributed by atoms with Crippen LogP contribution in [0.5, 0.6) is 0 Å². The largest absolute Gasteiger partial charge is 0.356 e. The lowest BCUT2D eigenvalue weighted by atomic mass is 10.1. The third-order valence-electron chi connectivity index (χ3n) is 4.72. The van der Waals surface area contributed by atoms with Crippen molar-refractivity contribution in [3.05, 3.63) is 40.0 Å². The van der Waals surface area contributed by atoms with Crippen LogP contribution < -0.4 is 4.90 Å². The Morgan fingerprint density at radius 2 is 1.91 bits per heavy atom. The first-order chi connectivity index (χ1) is 10.9. The number of nitrogens with zero attached hydrogens (tertiary/aromatic N) is 4. The van der Waals surface area contributed by atoms with E-state index in [0.29, 0.717) is 0 Å². The summed E-state index contributed by atoms with van der Waals surface area (Å²) < 4.78 is 0. The molecule has 2 aromatic rings. The van der Waals surface area contributed by atoms with Crippen molar-refractivity contribution in [2.75, 3.05) is 31.1 Å². The zero-order valence-corrected chi connectivity index (χ0v) is 13.7. The molecule has 4 rings (SSSR count). The standard InChI is InChI=1S/C17H22N4S/c1-2-8-21(7-1)17-15-5-9-20(12-14-4-3-11-22-14)10-6-16(15)18-13-19-17/h3-4,11,13H,1-2,5-10,12H2. The Morgan fingerprint density at radius 1 is 1.05 bits per heavy atom. The van der Waals surface area contributed by atoms with Crippen molar-refractivity contribution in [3.8, 4) is 0 Å². The summed E-state index contributed by atoms with van der Waals surface area (Å²) in [6.45, 7) is 5.59. The highest BCUT2D eigenvalue weighted by Gasteiger charge is 2.23. The average molecular weight is 314 g/mol. The van der Waals surface area contributed by atoms with Crippen LogP contribution >= 0.6 is 11.3 Å².